The van der Waals surface area contributed by atoms with Crippen molar-refractivity contribution >= 4 is 0 Å². The molecule has 0 aliphatic heterocycles. The minimum Gasteiger partial charge on any atom is -0.496 e. The predicted octanol–water partition coefficient (Wildman–Crippen LogP) is 2.72. The van der Waals surface area contributed by atoms with Gasteiger partial charge in [-0.25, -0.2) is 0 Å². The lowest BCUT2D eigenvalue weighted by molar-refractivity contribution is -0.153. The zero-order chi connectivity index (χ0) is 12.2. The van der Waals surface area contributed by atoms with Crippen LogP contribution in [-0.2, 0) is 0 Å². The van der Waals surface area contributed by atoms with Crippen LogP contribution in [0.25, 0.3) is 0 Å². The van der Waals surface area contributed by atoms with E-state index >= 15 is 0 Å². The largest absolute Gasteiger partial charge is 0.496 e. The first-order valence-electron chi connectivity index (χ1n) is 4.81. The highest BCUT2D eigenvalue weighted by Crippen LogP contribution is 2.40. The molecule has 0 amide bonds. The summed E-state index contributed by atoms with van der Waals surface area (Å²) in [6, 6.07) is 5.97. The van der Waals surface area contributed by atoms with Gasteiger partial charge in [0.1, 0.15) is 5.75 Å². The number of ether oxygens (including phenoxy) is 1. The van der Waals surface area contributed by atoms with E-state index in [0.717, 1.165) is 0 Å². The summed E-state index contributed by atoms with van der Waals surface area (Å²) in [7, 11) is 1.32. The van der Waals surface area contributed by atoms with Crippen LogP contribution in [0.4, 0.5) is 13.2 Å². The predicted molar refractivity (Wildman–Crippen MR) is 53.5 cm³/mol. The maximum Gasteiger partial charge on any atom is 0.395 e. The Kier molecular flexibility index (Phi) is 4.18. The third kappa shape index (κ3) is 2.88. The average Bonchev–Trinajstić information content (AvgIpc) is 2.24. The highest BCUT2D eigenvalue weighted by atomic mass is 19.4. The number of hydrogen-bond acceptors (Lipinski definition) is 2. The molecule has 2 nitrogen and oxygen atoms in total. The standard InChI is InChI=1S/C11H13F3O2/c1-16-10-5-3-2-4-8(10)9(6-7-15)11(12,13)14/h2-5,9,15H,6-7H2,1H3. The summed E-state index contributed by atoms with van der Waals surface area (Å²) < 4.78 is 43.1. The van der Waals surface area contributed by atoms with Crippen LogP contribution in [0.15, 0.2) is 24.3 Å². The van der Waals surface area contributed by atoms with Gasteiger partial charge in [-0.15, -0.1) is 0 Å². The lowest BCUT2D eigenvalue weighted by Crippen LogP contribution is -2.22. The van der Waals surface area contributed by atoms with E-state index in [0.29, 0.717) is 0 Å². The van der Waals surface area contributed by atoms with Crippen LogP contribution in [0.2, 0.25) is 0 Å². The van der Waals surface area contributed by atoms with Gasteiger partial charge in [0.05, 0.1) is 13.0 Å². The fourth-order valence-corrected chi connectivity index (χ4v) is 1.58. The molecule has 0 saturated carbocycles. The van der Waals surface area contributed by atoms with Gasteiger partial charge < -0.3 is 9.84 Å². The topological polar surface area (TPSA) is 29.5 Å². The van der Waals surface area contributed by atoms with E-state index in [9.17, 15) is 13.2 Å². The van der Waals surface area contributed by atoms with Gasteiger partial charge in [0, 0.05) is 12.2 Å². The van der Waals surface area contributed by atoms with Gasteiger partial charge in [-0.3, -0.25) is 0 Å². The number of para-hydroxylation sites is 1. The molecular weight excluding hydrogens is 221 g/mol. The lowest BCUT2D eigenvalue weighted by Gasteiger charge is -2.21. The summed E-state index contributed by atoms with van der Waals surface area (Å²) in [5, 5.41) is 8.68. The number of benzene rings is 1. The molecule has 5 heteroatoms. The number of methoxy groups -OCH3 is 1. The van der Waals surface area contributed by atoms with Gasteiger partial charge in [-0.2, -0.15) is 13.2 Å². The highest BCUT2D eigenvalue weighted by Gasteiger charge is 2.41. The van der Waals surface area contributed by atoms with Gasteiger partial charge in [-0.05, 0) is 12.5 Å². The van der Waals surface area contributed by atoms with Crippen molar-refractivity contribution in [3.63, 3.8) is 0 Å². The van der Waals surface area contributed by atoms with Gasteiger partial charge in [0.2, 0.25) is 0 Å². The Morgan fingerprint density at radius 1 is 1.31 bits per heavy atom. The molecule has 0 aliphatic carbocycles. The number of aliphatic hydroxyl groups is 1. The van der Waals surface area contributed by atoms with Crippen molar-refractivity contribution in [3.05, 3.63) is 29.8 Å². The molecule has 0 saturated heterocycles. The van der Waals surface area contributed by atoms with Crippen molar-refractivity contribution < 1.29 is 23.0 Å². The van der Waals surface area contributed by atoms with Crippen molar-refractivity contribution in [3.8, 4) is 5.75 Å². The van der Waals surface area contributed by atoms with E-state index in [2.05, 4.69) is 0 Å². The molecule has 16 heavy (non-hydrogen) atoms. The molecule has 1 unspecified atom stereocenters. The fourth-order valence-electron chi connectivity index (χ4n) is 1.58. The van der Waals surface area contributed by atoms with Gasteiger partial charge in [0.15, 0.2) is 0 Å². The lowest BCUT2D eigenvalue weighted by atomic mass is 9.94. The molecule has 0 heterocycles. The van der Waals surface area contributed by atoms with E-state index in [1.54, 1.807) is 6.07 Å². The summed E-state index contributed by atoms with van der Waals surface area (Å²) >= 11 is 0. The highest BCUT2D eigenvalue weighted by molar-refractivity contribution is 5.37. The molecule has 0 fully saturated rings. The number of aliphatic hydroxyl groups excluding tert-OH is 1. The minimum atomic E-state index is -4.38. The maximum absolute atomic E-state index is 12.7. The van der Waals surface area contributed by atoms with Crippen LogP contribution in [0.5, 0.6) is 5.75 Å². The molecule has 0 radical (unpaired) electrons. The average molecular weight is 234 g/mol. The molecule has 0 aliphatic rings. The zero-order valence-electron chi connectivity index (χ0n) is 8.79. The molecule has 0 aromatic heterocycles. The van der Waals surface area contributed by atoms with Crippen LogP contribution < -0.4 is 4.74 Å². The van der Waals surface area contributed by atoms with Crippen molar-refractivity contribution in [2.45, 2.75) is 18.5 Å². The van der Waals surface area contributed by atoms with Crippen LogP contribution in [0, 0.1) is 0 Å². The number of rotatable bonds is 4. The number of alkyl halides is 3. The van der Waals surface area contributed by atoms with E-state index in [1.165, 1.54) is 25.3 Å². The zero-order valence-corrected chi connectivity index (χ0v) is 8.79. The SMILES string of the molecule is COc1ccccc1C(CCO)C(F)(F)F. The van der Waals surface area contributed by atoms with E-state index in [4.69, 9.17) is 9.84 Å². The molecule has 0 spiro atoms. The smallest absolute Gasteiger partial charge is 0.395 e. The molecular formula is C11H13F3O2. The van der Waals surface area contributed by atoms with E-state index < -0.39 is 18.7 Å². The Hall–Kier alpha value is -1.23. The second-order valence-corrected chi connectivity index (χ2v) is 3.35. The summed E-state index contributed by atoms with van der Waals surface area (Å²) in [5.74, 6) is -1.49. The van der Waals surface area contributed by atoms with Crippen molar-refractivity contribution in [1.29, 1.82) is 0 Å². The molecule has 1 rings (SSSR count). The first-order chi connectivity index (χ1) is 7.50. The monoisotopic (exact) mass is 234 g/mol. The number of halogens is 3. The Morgan fingerprint density at radius 2 is 1.94 bits per heavy atom. The second kappa shape index (κ2) is 5.21. The molecule has 1 N–H and O–H groups in total. The van der Waals surface area contributed by atoms with Crippen LogP contribution >= 0.6 is 0 Å². The maximum atomic E-state index is 12.7. The van der Waals surface area contributed by atoms with Crippen LogP contribution in [0.3, 0.4) is 0 Å². The van der Waals surface area contributed by atoms with E-state index in [-0.39, 0.29) is 17.7 Å². The Morgan fingerprint density at radius 3 is 2.44 bits per heavy atom. The Bertz CT molecular complexity index is 336. The summed E-state index contributed by atoms with van der Waals surface area (Å²) in [5.41, 5.74) is 0.0616. The molecule has 1 atom stereocenters. The first-order valence-corrected chi connectivity index (χ1v) is 4.81. The van der Waals surface area contributed by atoms with Crippen molar-refractivity contribution in [2.75, 3.05) is 13.7 Å². The van der Waals surface area contributed by atoms with Gasteiger partial charge in [-0.1, -0.05) is 18.2 Å². The quantitative estimate of drug-likeness (QED) is 0.867. The molecule has 90 valence electrons. The summed E-state index contributed by atoms with van der Waals surface area (Å²) in [4.78, 5) is 0. The summed E-state index contributed by atoms with van der Waals surface area (Å²) in [6.45, 7) is -0.512. The Labute approximate surface area is 91.7 Å². The Balaban J connectivity index is 3.10. The van der Waals surface area contributed by atoms with Gasteiger partial charge >= 0.3 is 6.18 Å². The third-order valence-corrected chi connectivity index (χ3v) is 2.33. The fraction of sp³-hybridized carbons (Fsp3) is 0.455. The molecule has 1 aromatic carbocycles. The van der Waals surface area contributed by atoms with Gasteiger partial charge in [0.25, 0.3) is 0 Å². The van der Waals surface area contributed by atoms with Crippen LogP contribution in [-0.4, -0.2) is 25.0 Å². The van der Waals surface area contributed by atoms with Crippen molar-refractivity contribution in [2.24, 2.45) is 0 Å². The molecule has 0 bridgehead atoms. The third-order valence-electron chi connectivity index (χ3n) is 2.33. The first kappa shape index (κ1) is 12.8. The normalized spacial score (nSPS) is 13.6. The molecule has 1 aromatic rings. The van der Waals surface area contributed by atoms with Crippen LogP contribution in [0.1, 0.15) is 17.9 Å². The number of hydrogen-bond donors (Lipinski definition) is 1. The van der Waals surface area contributed by atoms with E-state index in [1.807, 2.05) is 0 Å². The minimum absolute atomic E-state index is 0.0616. The second-order valence-electron chi connectivity index (χ2n) is 3.35. The summed E-state index contributed by atoms with van der Waals surface area (Å²) in [6.07, 6.45) is -4.73. The van der Waals surface area contributed by atoms with Crippen molar-refractivity contribution in [1.82, 2.24) is 0 Å².